The van der Waals surface area contributed by atoms with E-state index in [1.54, 1.807) is 10.4 Å². The Balaban J connectivity index is 1.67. The minimum atomic E-state index is -3.43. The second-order valence-electron chi connectivity index (χ2n) is 6.58. The van der Waals surface area contributed by atoms with Crippen LogP contribution in [0, 0.1) is 13.8 Å². The molecule has 0 atom stereocenters. The molecule has 0 aliphatic carbocycles. The highest BCUT2D eigenvalue weighted by atomic mass is 35.5. The van der Waals surface area contributed by atoms with Crippen molar-refractivity contribution in [1.82, 2.24) is 9.21 Å². The van der Waals surface area contributed by atoms with Crippen molar-refractivity contribution in [3.05, 3.63) is 64.2 Å². The van der Waals surface area contributed by atoms with Gasteiger partial charge in [-0.15, -0.1) is 0 Å². The van der Waals surface area contributed by atoms with Crippen LogP contribution >= 0.6 is 11.6 Å². The van der Waals surface area contributed by atoms with Crippen LogP contribution in [0.25, 0.3) is 0 Å². The van der Waals surface area contributed by atoms with Gasteiger partial charge in [-0.05, 0) is 48.7 Å². The fourth-order valence-electron chi connectivity index (χ4n) is 3.10. The number of benzene rings is 2. The Bertz CT molecular complexity index is 842. The summed E-state index contributed by atoms with van der Waals surface area (Å²) in [6, 6.07) is 13.4. The number of rotatable bonds is 4. The second-order valence-corrected chi connectivity index (χ2v) is 8.92. The Kier molecular flexibility index (Phi) is 5.49. The number of sulfonamides is 1. The lowest BCUT2D eigenvalue weighted by Crippen LogP contribution is -2.48. The number of nitrogens with zero attached hydrogens (tertiary/aromatic N) is 2. The van der Waals surface area contributed by atoms with Crippen LogP contribution in [-0.4, -0.2) is 43.8 Å². The van der Waals surface area contributed by atoms with Crippen molar-refractivity contribution in [3.8, 4) is 0 Å². The van der Waals surface area contributed by atoms with E-state index in [0.717, 1.165) is 35.8 Å². The van der Waals surface area contributed by atoms with Gasteiger partial charge < -0.3 is 0 Å². The van der Waals surface area contributed by atoms with Gasteiger partial charge in [0.05, 0.1) is 4.90 Å². The smallest absolute Gasteiger partial charge is 0.243 e. The predicted octanol–water partition coefficient (Wildman–Crippen LogP) is 3.46. The minimum absolute atomic E-state index is 0.429. The predicted molar refractivity (Wildman–Crippen MR) is 101 cm³/mol. The second kappa shape index (κ2) is 7.46. The van der Waals surface area contributed by atoms with Crippen molar-refractivity contribution in [2.45, 2.75) is 25.3 Å². The van der Waals surface area contributed by atoms with E-state index in [0.29, 0.717) is 18.0 Å². The highest BCUT2D eigenvalue weighted by Crippen LogP contribution is 2.23. The Morgan fingerprint density at radius 2 is 1.60 bits per heavy atom. The van der Waals surface area contributed by atoms with Crippen LogP contribution in [0.4, 0.5) is 0 Å². The monoisotopic (exact) mass is 378 g/mol. The highest BCUT2D eigenvalue weighted by molar-refractivity contribution is 7.89. The zero-order chi connectivity index (χ0) is 18.0. The number of aryl methyl sites for hydroxylation is 2. The van der Waals surface area contributed by atoms with Crippen molar-refractivity contribution in [2.24, 2.45) is 0 Å². The first-order valence-electron chi connectivity index (χ1n) is 8.40. The highest BCUT2D eigenvalue weighted by Gasteiger charge is 2.29. The van der Waals surface area contributed by atoms with E-state index in [-0.39, 0.29) is 0 Å². The summed E-state index contributed by atoms with van der Waals surface area (Å²) in [5.41, 5.74) is 2.95. The summed E-state index contributed by atoms with van der Waals surface area (Å²) >= 11 is 5.92. The first kappa shape index (κ1) is 18.4. The summed E-state index contributed by atoms with van der Waals surface area (Å²) in [7, 11) is -3.43. The van der Waals surface area contributed by atoms with Gasteiger partial charge in [-0.1, -0.05) is 35.9 Å². The fourth-order valence-corrected chi connectivity index (χ4v) is 4.96. The van der Waals surface area contributed by atoms with E-state index >= 15 is 0 Å². The van der Waals surface area contributed by atoms with Gasteiger partial charge in [0, 0.05) is 37.7 Å². The molecule has 0 N–H and O–H groups in total. The average molecular weight is 379 g/mol. The quantitative estimate of drug-likeness (QED) is 0.818. The molecule has 0 bridgehead atoms. The Morgan fingerprint density at radius 1 is 0.960 bits per heavy atom. The van der Waals surface area contributed by atoms with Gasteiger partial charge in [0.2, 0.25) is 10.0 Å². The molecule has 0 aromatic heterocycles. The van der Waals surface area contributed by atoms with Crippen molar-refractivity contribution >= 4 is 21.6 Å². The van der Waals surface area contributed by atoms with E-state index in [1.165, 1.54) is 5.56 Å². The molecule has 1 saturated heterocycles. The molecule has 1 heterocycles. The summed E-state index contributed by atoms with van der Waals surface area (Å²) < 4.78 is 27.5. The van der Waals surface area contributed by atoms with Crippen LogP contribution in [0.1, 0.15) is 16.7 Å². The molecule has 1 aliphatic heterocycles. The molecule has 1 fully saturated rings. The summed E-state index contributed by atoms with van der Waals surface area (Å²) in [5, 5.41) is 0.730. The molecule has 134 valence electrons. The van der Waals surface area contributed by atoms with Gasteiger partial charge in [-0.2, -0.15) is 4.31 Å². The van der Waals surface area contributed by atoms with Crippen molar-refractivity contribution in [2.75, 3.05) is 26.2 Å². The normalized spacial score (nSPS) is 16.9. The molecule has 1 aliphatic rings. The topological polar surface area (TPSA) is 40.6 Å². The lowest BCUT2D eigenvalue weighted by Gasteiger charge is -2.34. The molecule has 0 amide bonds. The Hall–Kier alpha value is -1.40. The molecule has 25 heavy (non-hydrogen) atoms. The van der Waals surface area contributed by atoms with Crippen LogP contribution in [0.15, 0.2) is 47.4 Å². The molecule has 0 spiro atoms. The number of halogens is 1. The third-order valence-electron chi connectivity index (χ3n) is 4.61. The molecule has 0 radical (unpaired) electrons. The van der Waals surface area contributed by atoms with E-state index in [4.69, 9.17) is 11.6 Å². The maximum absolute atomic E-state index is 13.0. The fraction of sp³-hybridized carbons (Fsp3) is 0.368. The first-order chi connectivity index (χ1) is 11.9. The summed E-state index contributed by atoms with van der Waals surface area (Å²) in [6.45, 7) is 7.08. The van der Waals surface area contributed by atoms with Crippen LogP contribution in [0.3, 0.4) is 0 Å². The summed E-state index contributed by atoms with van der Waals surface area (Å²) in [6.07, 6.45) is 0. The zero-order valence-electron chi connectivity index (χ0n) is 14.6. The molecular weight excluding hydrogens is 356 g/mol. The molecule has 2 aromatic rings. The number of hydrogen-bond donors (Lipinski definition) is 0. The third-order valence-corrected chi connectivity index (χ3v) is 6.90. The molecule has 2 aromatic carbocycles. The maximum Gasteiger partial charge on any atom is 0.243 e. The summed E-state index contributed by atoms with van der Waals surface area (Å²) in [5.74, 6) is 0. The van der Waals surface area contributed by atoms with E-state index in [2.05, 4.69) is 4.90 Å². The average Bonchev–Trinajstić information content (AvgIpc) is 2.59. The molecule has 6 heteroatoms. The Morgan fingerprint density at radius 3 is 2.24 bits per heavy atom. The van der Waals surface area contributed by atoms with Crippen molar-refractivity contribution in [3.63, 3.8) is 0 Å². The van der Waals surface area contributed by atoms with Gasteiger partial charge in [-0.3, -0.25) is 4.90 Å². The zero-order valence-corrected chi connectivity index (χ0v) is 16.1. The van der Waals surface area contributed by atoms with E-state index < -0.39 is 10.0 Å². The van der Waals surface area contributed by atoms with Crippen LogP contribution in [-0.2, 0) is 16.6 Å². The molecular formula is C19H23ClN2O2S. The van der Waals surface area contributed by atoms with Crippen LogP contribution in [0.2, 0.25) is 5.02 Å². The van der Waals surface area contributed by atoms with Gasteiger partial charge >= 0.3 is 0 Å². The van der Waals surface area contributed by atoms with E-state index in [1.807, 2.05) is 50.2 Å². The summed E-state index contributed by atoms with van der Waals surface area (Å²) in [4.78, 5) is 2.71. The van der Waals surface area contributed by atoms with Crippen LogP contribution < -0.4 is 0 Å². The first-order valence-corrected chi connectivity index (χ1v) is 10.2. The molecule has 3 rings (SSSR count). The van der Waals surface area contributed by atoms with E-state index in [9.17, 15) is 8.42 Å². The largest absolute Gasteiger partial charge is 0.296 e. The van der Waals surface area contributed by atoms with Crippen molar-refractivity contribution < 1.29 is 8.42 Å². The minimum Gasteiger partial charge on any atom is -0.296 e. The lowest BCUT2D eigenvalue weighted by atomic mass is 10.2. The van der Waals surface area contributed by atoms with Gasteiger partial charge in [0.1, 0.15) is 0 Å². The third kappa shape index (κ3) is 4.23. The lowest BCUT2D eigenvalue weighted by molar-refractivity contribution is 0.181. The molecule has 0 unspecified atom stereocenters. The van der Waals surface area contributed by atoms with Gasteiger partial charge in [0.25, 0.3) is 0 Å². The standard InChI is InChI=1S/C19H23ClN2O2S/c1-15-3-4-16(2)19(13-15)25(23,24)22-11-9-21(10-12-22)14-17-5-7-18(20)8-6-17/h3-8,13H,9-12,14H2,1-2H3. The van der Waals surface area contributed by atoms with Gasteiger partial charge in [-0.25, -0.2) is 8.42 Å². The molecule has 4 nitrogen and oxygen atoms in total. The SMILES string of the molecule is Cc1ccc(C)c(S(=O)(=O)N2CCN(Cc3ccc(Cl)cc3)CC2)c1. The molecule has 0 saturated carbocycles. The Labute approximate surface area is 155 Å². The van der Waals surface area contributed by atoms with Crippen molar-refractivity contribution in [1.29, 1.82) is 0 Å². The van der Waals surface area contributed by atoms with Crippen LogP contribution in [0.5, 0.6) is 0 Å². The maximum atomic E-state index is 13.0. The van der Waals surface area contributed by atoms with Gasteiger partial charge in [0.15, 0.2) is 0 Å². The number of piperazine rings is 1. The number of hydrogen-bond acceptors (Lipinski definition) is 3.